The van der Waals surface area contributed by atoms with E-state index in [0.29, 0.717) is 5.69 Å². The first kappa shape index (κ1) is 14.5. The van der Waals surface area contributed by atoms with Crippen LogP contribution >= 0.6 is 11.3 Å². The molecule has 108 valence electrons. The lowest BCUT2D eigenvalue weighted by atomic mass is 9.90. The molecule has 0 aromatic carbocycles. The van der Waals surface area contributed by atoms with E-state index < -0.39 is 11.4 Å². The van der Waals surface area contributed by atoms with Crippen molar-refractivity contribution in [3.63, 3.8) is 0 Å². The van der Waals surface area contributed by atoms with E-state index in [1.54, 1.807) is 31.8 Å². The molecule has 1 unspecified atom stereocenters. The van der Waals surface area contributed by atoms with Crippen molar-refractivity contribution in [2.75, 3.05) is 5.32 Å². The molecule has 0 saturated carbocycles. The lowest BCUT2D eigenvalue weighted by molar-refractivity contribution is -0.142. The minimum atomic E-state index is -0.968. The second-order valence-electron chi connectivity index (χ2n) is 5.27. The van der Waals surface area contributed by atoms with Crippen molar-refractivity contribution in [1.29, 1.82) is 0 Å². The third kappa shape index (κ3) is 3.16. The summed E-state index contributed by atoms with van der Waals surface area (Å²) in [6.45, 7) is 6.13. The number of rotatable bonds is 6. The number of aromatic nitrogens is 3. The summed E-state index contributed by atoms with van der Waals surface area (Å²) in [7, 11) is 0. The zero-order valence-corrected chi connectivity index (χ0v) is 12.5. The Kier molecular flexibility index (Phi) is 4.08. The molecular formula is C13H18N4O2S. The molecule has 0 aliphatic heterocycles. The van der Waals surface area contributed by atoms with Crippen LogP contribution in [0, 0.1) is 0 Å². The van der Waals surface area contributed by atoms with E-state index in [9.17, 15) is 9.90 Å². The van der Waals surface area contributed by atoms with Crippen molar-refractivity contribution in [3.8, 4) is 0 Å². The highest BCUT2D eigenvalue weighted by atomic mass is 32.1. The van der Waals surface area contributed by atoms with Crippen LogP contribution in [0.2, 0.25) is 0 Å². The number of carboxylic acids is 1. The van der Waals surface area contributed by atoms with E-state index in [2.05, 4.69) is 15.3 Å². The van der Waals surface area contributed by atoms with Gasteiger partial charge >= 0.3 is 5.97 Å². The summed E-state index contributed by atoms with van der Waals surface area (Å²) in [4.78, 5) is 19.6. The molecule has 2 N–H and O–H groups in total. The standard InChI is InChI=1S/C13H18N4O2S/c1-9(6-17-5-4-14-8-17)15-12-16-10(7-20-12)13(2,3)11(18)19/h4-5,7-9H,6H2,1-3H3,(H,15,16)(H,18,19). The monoisotopic (exact) mass is 294 g/mol. The first-order chi connectivity index (χ1) is 9.39. The van der Waals surface area contributed by atoms with Crippen LogP contribution in [0.5, 0.6) is 0 Å². The molecular weight excluding hydrogens is 276 g/mol. The Bertz CT molecular complexity index is 577. The Balaban J connectivity index is 2.01. The maximum atomic E-state index is 11.2. The molecule has 0 spiro atoms. The number of carbonyl (C=O) groups is 1. The van der Waals surface area contributed by atoms with Crippen molar-refractivity contribution in [2.45, 2.75) is 38.8 Å². The predicted octanol–water partition coefficient (Wildman–Crippen LogP) is 2.20. The summed E-state index contributed by atoms with van der Waals surface area (Å²) in [5, 5.41) is 15.0. The Morgan fingerprint density at radius 1 is 1.60 bits per heavy atom. The fourth-order valence-corrected chi connectivity index (χ4v) is 2.69. The van der Waals surface area contributed by atoms with Crippen LogP contribution in [0.1, 0.15) is 26.5 Å². The van der Waals surface area contributed by atoms with Gasteiger partial charge in [0.2, 0.25) is 0 Å². The molecule has 20 heavy (non-hydrogen) atoms. The number of imidazole rings is 1. The number of thiazole rings is 1. The quantitative estimate of drug-likeness (QED) is 0.853. The molecule has 2 aromatic heterocycles. The summed E-state index contributed by atoms with van der Waals surface area (Å²) in [6.07, 6.45) is 5.40. The topological polar surface area (TPSA) is 80.0 Å². The zero-order chi connectivity index (χ0) is 14.8. The van der Waals surface area contributed by atoms with Crippen LogP contribution < -0.4 is 5.32 Å². The molecule has 2 heterocycles. The van der Waals surface area contributed by atoms with Gasteiger partial charge in [-0.2, -0.15) is 0 Å². The van der Waals surface area contributed by atoms with E-state index in [1.807, 2.05) is 17.7 Å². The number of carboxylic acid groups (broad SMARTS) is 1. The second-order valence-corrected chi connectivity index (χ2v) is 6.13. The van der Waals surface area contributed by atoms with Gasteiger partial charge in [0.25, 0.3) is 0 Å². The third-order valence-corrected chi connectivity index (χ3v) is 3.87. The summed E-state index contributed by atoms with van der Waals surface area (Å²) in [5.41, 5.74) is -0.392. The van der Waals surface area contributed by atoms with E-state index in [-0.39, 0.29) is 6.04 Å². The number of nitrogens with zero attached hydrogens (tertiary/aromatic N) is 3. The van der Waals surface area contributed by atoms with E-state index >= 15 is 0 Å². The van der Waals surface area contributed by atoms with Crippen LogP contribution in [0.25, 0.3) is 0 Å². The predicted molar refractivity (Wildman–Crippen MR) is 78.1 cm³/mol. The largest absolute Gasteiger partial charge is 0.481 e. The van der Waals surface area contributed by atoms with E-state index in [0.717, 1.165) is 11.7 Å². The first-order valence-electron chi connectivity index (χ1n) is 6.31. The molecule has 0 aliphatic rings. The number of anilines is 1. The van der Waals surface area contributed by atoms with Gasteiger partial charge in [0.05, 0.1) is 12.0 Å². The lowest BCUT2D eigenvalue weighted by Gasteiger charge is -2.16. The molecule has 0 aliphatic carbocycles. The van der Waals surface area contributed by atoms with Crippen molar-refractivity contribution >= 4 is 22.4 Å². The fourth-order valence-electron chi connectivity index (χ4n) is 1.70. The number of hydrogen-bond acceptors (Lipinski definition) is 5. The molecule has 2 rings (SSSR count). The van der Waals surface area contributed by atoms with Gasteiger partial charge in [0, 0.05) is 30.4 Å². The average molecular weight is 294 g/mol. The Hall–Kier alpha value is -1.89. The Morgan fingerprint density at radius 2 is 2.35 bits per heavy atom. The van der Waals surface area contributed by atoms with Crippen LogP contribution in [-0.2, 0) is 16.8 Å². The summed E-state index contributed by atoms with van der Waals surface area (Å²) >= 11 is 1.42. The summed E-state index contributed by atoms with van der Waals surface area (Å²) in [6, 6.07) is 0.177. The maximum Gasteiger partial charge on any atom is 0.315 e. The van der Waals surface area contributed by atoms with Crippen molar-refractivity contribution in [1.82, 2.24) is 14.5 Å². The normalized spacial score (nSPS) is 13.2. The van der Waals surface area contributed by atoms with Crippen LogP contribution in [0.15, 0.2) is 24.1 Å². The highest BCUT2D eigenvalue weighted by molar-refractivity contribution is 7.13. The molecule has 0 saturated heterocycles. The first-order valence-corrected chi connectivity index (χ1v) is 7.19. The number of nitrogens with one attached hydrogen (secondary N) is 1. The molecule has 0 fully saturated rings. The van der Waals surface area contributed by atoms with E-state index in [4.69, 9.17) is 0 Å². The summed E-state index contributed by atoms with van der Waals surface area (Å²) < 4.78 is 1.98. The molecule has 0 bridgehead atoms. The van der Waals surface area contributed by atoms with Gasteiger partial charge in [0.15, 0.2) is 5.13 Å². The van der Waals surface area contributed by atoms with Gasteiger partial charge in [-0.25, -0.2) is 9.97 Å². The van der Waals surface area contributed by atoms with Crippen molar-refractivity contribution in [2.24, 2.45) is 0 Å². The van der Waals surface area contributed by atoms with Crippen LogP contribution in [-0.4, -0.2) is 31.7 Å². The second kappa shape index (κ2) is 5.62. The minimum Gasteiger partial charge on any atom is -0.481 e. The van der Waals surface area contributed by atoms with Gasteiger partial charge in [-0.3, -0.25) is 4.79 Å². The number of aliphatic carboxylic acids is 1. The smallest absolute Gasteiger partial charge is 0.315 e. The molecule has 0 amide bonds. The molecule has 1 atom stereocenters. The number of hydrogen-bond donors (Lipinski definition) is 2. The summed E-state index contributed by atoms with van der Waals surface area (Å²) in [5.74, 6) is -0.874. The van der Waals surface area contributed by atoms with Gasteiger partial charge in [-0.15, -0.1) is 11.3 Å². The zero-order valence-electron chi connectivity index (χ0n) is 11.7. The van der Waals surface area contributed by atoms with Gasteiger partial charge < -0.3 is 15.0 Å². The average Bonchev–Trinajstić information content (AvgIpc) is 3.00. The van der Waals surface area contributed by atoms with Gasteiger partial charge in [0.1, 0.15) is 5.41 Å². The Labute approximate surface area is 121 Å². The SMILES string of the molecule is CC(Cn1ccnc1)Nc1nc(C(C)(C)C(=O)O)cs1. The highest BCUT2D eigenvalue weighted by Gasteiger charge is 2.32. The Morgan fingerprint density at radius 3 is 2.95 bits per heavy atom. The lowest BCUT2D eigenvalue weighted by Crippen LogP contribution is -2.29. The van der Waals surface area contributed by atoms with E-state index in [1.165, 1.54) is 11.3 Å². The fraction of sp³-hybridized carbons (Fsp3) is 0.462. The van der Waals surface area contributed by atoms with Crippen LogP contribution in [0.3, 0.4) is 0 Å². The van der Waals surface area contributed by atoms with Crippen molar-refractivity contribution < 1.29 is 9.90 Å². The molecule has 6 nitrogen and oxygen atoms in total. The van der Waals surface area contributed by atoms with Gasteiger partial charge in [-0.05, 0) is 20.8 Å². The minimum absolute atomic E-state index is 0.177. The third-order valence-electron chi connectivity index (χ3n) is 3.09. The van der Waals surface area contributed by atoms with Crippen LogP contribution in [0.4, 0.5) is 5.13 Å². The van der Waals surface area contributed by atoms with Crippen molar-refractivity contribution in [3.05, 3.63) is 29.8 Å². The van der Waals surface area contributed by atoms with Gasteiger partial charge in [-0.1, -0.05) is 0 Å². The molecule has 7 heteroatoms. The highest BCUT2D eigenvalue weighted by Crippen LogP contribution is 2.27. The molecule has 0 radical (unpaired) electrons. The molecule has 2 aromatic rings. The maximum absolute atomic E-state index is 11.2.